The molecule has 4 aliphatic rings. The molecule has 3 saturated heterocycles. The Hall–Kier alpha value is -7.48. The number of aliphatic hydroxyl groups is 10. The van der Waals surface area contributed by atoms with E-state index in [2.05, 4.69) is 0 Å². The monoisotopic (exact) mass is 1130 g/mol. The van der Waals surface area contributed by atoms with Gasteiger partial charge in [0.25, 0.3) is 11.9 Å². The Kier molecular flexibility index (Phi) is 18.6. The highest BCUT2D eigenvalue weighted by Gasteiger charge is 2.54. The number of phenols is 5. The van der Waals surface area contributed by atoms with Crippen molar-refractivity contribution in [2.75, 3.05) is 34.0 Å². The second-order valence-electron chi connectivity index (χ2n) is 18.5. The van der Waals surface area contributed by atoms with Gasteiger partial charge < -0.3 is 124 Å². The number of carbonyl (C=O) groups is 2. The van der Waals surface area contributed by atoms with E-state index in [9.17, 15) is 81.1 Å². The van der Waals surface area contributed by atoms with Crippen molar-refractivity contribution in [3.05, 3.63) is 107 Å². The molecule has 80 heavy (non-hydrogen) atoms. The van der Waals surface area contributed by atoms with Crippen LogP contribution >= 0.6 is 0 Å². The minimum Gasteiger partial charge on any atom is -0.571 e. The molecule has 15 N–H and O–H groups in total. The number of hydrogen-bond acceptors (Lipinski definition) is 26. The Morgan fingerprint density at radius 2 is 1.18 bits per heavy atom. The van der Waals surface area contributed by atoms with Crippen molar-refractivity contribution in [2.24, 2.45) is 0 Å². The number of aromatic hydroxyl groups is 6. The van der Waals surface area contributed by atoms with Gasteiger partial charge in [-0.05, 0) is 65.7 Å². The third kappa shape index (κ3) is 12.9. The van der Waals surface area contributed by atoms with Gasteiger partial charge in [-0.2, -0.15) is 0 Å². The van der Waals surface area contributed by atoms with Crippen LogP contribution in [0.25, 0.3) is 18.2 Å². The first kappa shape index (κ1) is 58.7. The molecule has 4 aromatic carbocycles. The predicted octanol–water partition coefficient (Wildman–Crippen LogP) is -1.08. The van der Waals surface area contributed by atoms with Gasteiger partial charge >= 0.3 is 11.9 Å². The lowest BCUT2D eigenvalue weighted by atomic mass is 9.96. The number of fused-ring (bicyclic) bond motifs is 1. The van der Waals surface area contributed by atoms with Crippen LogP contribution in [0.1, 0.15) is 28.4 Å². The van der Waals surface area contributed by atoms with Crippen LogP contribution in [-0.4, -0.2) is 214 Å². The molecule has 432 valence electrons. The van der Waals surface area contributed by atoms with Gasteiger partial charge in [-0.1, -0.05) is 12.1 Å². The van der Waals surface area contributed by atoms with Crippen LogP contribution < -0.4 is 14.2 Å². The van der Waals surface area contributed by atoms with E-state index in [1.165, 1.54) is 81.0 Å². The standard InChI is InChI=1S/C53H58O27/c1-70-32-13-23(14-33(71-2)40(32)62)6-12-39(61)79-49-45(67)42(64)36(20-55)77-53(49)80-50-46(68)43(65)37(21-72-38(60)11-5-22-3-8-25(56)9-4-22)78-52(50)75-34-18-27-30(73-48(34)24-7-10-28(58)29(59)15-24)16-26(57)17-31(27)74-51-47(69)44(66)41(63)35(19-54)76-51/h3-18,35-37,41-59,62-69H,19-21H2,1-2H3/p+1. The number of ether oxygens (including phenoxy) is 11. The largest absolute Gasteiger partial charge is 0.571 e. The Labute approximate surface area is 453 Å². The van der Waals surface area contributed by atoms with E-state index in [0.29, 0.717) is 5.56 Å². The summed E-state index contributed by atoms with van der Waals surface area (Å²) in [5.41, 5.74) is 0.767. The SMILES string of the molecule is COc1cc(C=CC(=O)OC2C(OC3C(OC4=Cc5c(OC6OC(CO)C(O)C(O)C6O)cc(O)cc5[OH+]C4c4ccc(O)c(O)c4)OC(COC(=O)C=Cc4ccc(O)cc4)C(O)C3O)OC(CO)C(O)C2O)cc(OC)c1O. The number of aliphatic hydroxyl groups excluding tert-OH is 9. The predicted molar refractivity (Wildman–Crippen MR) is 267 cm³/mol. The summed E-state index contributed by atoms with van der Waals surface area (Å²) in [6.07, 6.45) is -24.3. The smallest absolute Gasteiger partial charge is 0.331 e. The number of phenolic OH excluding ortho intramolecular Hbond substituents is 5. The molecule has 4 heterocycles. The fraction of sp³-hybridized carbons (Fsp3) is 0.396. The maximum absolute atomic E-state index is 13.5. The molecule has 0 aromatic heterocycles. The van der Waals surface area contributed by atoms with Crippen molar-refractivity contribution in [3.8, 4) is 51.7 Å². The van der Waals surface area contributed by atoms with Gasteiger partial charge in [-0.3, -0.25) is 0 Å². The van der Waals surface area contributed by atoms with Crippen molar-refractivity contribution in [3.63, 3.8) is 0 Å². The fourth-order valence-corrected chi connectivity index (χ4v) is 8.88. The Morgan fingerprint density at radius 3 is 1.82 bits per heavy atom. The molecule has 27 heteroatoms. The zero-order valence-electron chi connectivity index (χ0n) is 42.2. The van der Waals surface area contributed by atoms with Crippen molar-refractivity contribution >= 4 is 30.2 Å². The number of hydrogen-bond donors (Lipinski definition) is 14. The maximum atomic E-state index is 13.5. The molecule has 3 fully saturated rings. The second-order valence-corrected chi connectivity index (χ2v) is 18.5. The summed E-state index contributed by atoms with van der Waals surface area (Å²) >= 11 is 0. The van der Waals surface area contributed by atoms with Crippen LogP contribution in [0.4, 0.5) is 0 Å². The van der Waals surface area contributed by atoms with Crippen molar-refractivity contribution in [1.29, 1.82) is 0 Å². The number of benzene rings is 4. The molecule has 0 bridgehead atoms. The van der Waals surface area contributed by atoms with Gasteiger partial charge in [0.05, 0.1) is 39.1 Å². The van der Waals surface area contributed by atoms with E-state index in [1.807, 2.05) is 0 Å². The molecule has 4 aliphatic heterocycles. The third-order valence-electron chi connectivity index (χ3n) is 13.2. The van der Waals surface area contributed by atoms with Crippen molar-refractivity contribution in [2.45, 2.75) is 98.2 Å². The van der Waals surface area contributed by atoms with Gasteiger partial charge in [0.2, 0.25) is 18.3 Å². The summed E-state index contributed by atoms with van der Waals surface area (Å²) in [5.74, 6) is -4.92. The van der Waals surface area contributed by atoms with E-state index in [-0.39, 0.29) is 56.9 Å². The van der Waals surface area contributed by atoms with E-state index < -0.39 is 147 Å². The first-order valence-electron chi connectivity index (χ1n) is 24.4. The molecule has 0 radical (unpaired) electrons. The molecule has 8 rings (SSSR count). The third-order valence-corrected chi connectivity index (χ3v) is 13.2. The van der Waals surface area contributed by atoms with Crippen molar-refractivity contribution < 1.29 is 133 Å². The highest BCUT2D eigenvalue weighted by molar-refractivity contribution is 5.88. The Morgan fingerprint density at radius 1 is 0.575 bits per heavy atom. The molecule has 0 aliphatic carbocycles. The lowest BCUT2D eigenvalue weighted by Gasteiger charge is -2.46. The zero-order valence-corrected chi connectivity index (χ0v) is 42.2. The van der Waals surface area contributed by atoms with Gasteiger partial charge in [0.1, 0.15) is 90.5 Å². The average molecular weight is 1130 g/mol. The van der Waals surface area contributed by atoms with E-state index in [0.717, 1.165) is 30.4 Å². The van der Waals surface area contributed by atoms with Crippen LogP contribution in [0.5, 0.6) is 51.7 Å². The molecule has 16 atom stereocenters. The van der Waals surface area contributed by atoms with E-state index >= 15 is 0 Å². The summed E-state index contributed by atoms with van der Waals surface area (Å²) < 4.78 is 62.3. The highest BCUT2D eigenvalue weighted by Crippen LogP contribution is 2.48. The summed E-state index contributed by atoms with van der Waals surface area (Å²) in [6, 6.07) is 14.2. The zero-order chi connectivity index (χ0) is 57.7. The van der Waals surface area contributed by atoms with Crippen molar-refractivity contribution in [1.82, 2.24) is 0 Å². The summed E-state index contributed by atoms with van der Waals surface area (Å²) in [6.45, 7) is -2.56. The van der Waals surface area contributed by atoms with Crippen LogP contribution in [-0.2, 0) is 42.7 Å². The minimum absolute atomic E-state index is 0.0225. The summed E-state index contributed by atoms with van der Waals surface area (Å²) in [7, 11) is 2.55. The number of rotatable bonds is 18. The topological polar surface area (TPSA) is 422 Å². The fourth-order valence-electron chi connectivity index (χ4n) is 8.88. The molecule has 0 spiro atoms. The molecule has 4 aromatic rings. The van der Waals surface area contributed by atoms with Gasteiger partial charge in [0.15, 0.2) is 47.3 Å². The molecule has 27 nitrogen and oxygen atoms in total. The summed E-state index contributed by atoms with van der Waals surface area (Å²) in [5, 5.41) is 150. The van der Waals surface area contributed by atoms with Gasteiger partial charge in [0, 0.05) is 24.3 Å². The first-order valence-corrected chi connectivity index (χ1v) is 24.4. The normalized spacial score (nSPS) is 30.4. The molecular formula is C53H59O27+. The van der Waals surface area contributed by atoms with E-state index in [1.54, 1.807) is 0 Å². The number of carbonyl (C=O) groups excluding carboxylic acids is 2. The highest BCUT2D eigenvalue weighted by atomic mass is 16.8. The van der Waals surface area contributed by atoms with E-state index in [4.69, 9.17) is 52.1 Å². The van der Waals surface area contributed by atoms with Gasteiger partial charge in [-0.25, -0.2) is 9.59 Å². The first-order chi connectivity index (χ1) is 38.2. The quantitative estimate of drug-likeness (QED) is 0.0244. The second kappa shape index (κ2) is 25.3. The average Bonchev–Trinajstić information content (AvgIpc) is 3.50. The number of methoxy groups -OCH3 is 2. The minimum atomic E-state index is -2.17. The lowest BCUT2D eigenvalue weighted by molar-refractivity contribution is -0.364. The summed E-state index contributed by atoms with van der Waals surface area (Å²) in [4.78, 5) is 26.5. The molecule has 16 unspecified atom stereocenters. The van der Waals surface area contributed by atoms with Crippen LogP contribution in [0.15, 0.2) is 84.6 Å². The van der Waals surface area contributed by atoms with Crippen LogP contribution in [0, 0.1) is 0 Å². The van der Waals surface area contributed by atoms with Crippen LogP contribution in [0.2, 0.25) is 0 Å². The van der Waals surface area contributed by atoms with Gasteiger partial charge in [-0.15, -0.1) is 0 Å². The van der Waals surface area contributed by atoms with Crippen LogP contribution in [0.3, 0.4) is 0 Å². The Bertz CT molecular complexity index is 2880. The molecular weight excluding hydrogens is 1070 g/mol. The Balaban J connectivity index is 1.16. The molecule has 0 amide bonds. The number of esters is 2. The molecule has 0 saturated carbocycles. The maximum Gasteiger partial charge on any atom is 0.331 e. The lowest BCUT2D eigenvalue weighted by Crippen LogP contribution is -2.65.